The van der Waals surface area contributed by atoms with Gasteiger partial charge >= 0.3 is 0 Å². The normalized spacial score (nSPS) is 23.4. The molecule has 1 heterocycles. The molecule has 0 radical (unpaired) electrons. The molecule has 0 amide bonds. The smallest absolute Gasteiger partial charge is 0.243 e. The van der Waals surface area contributed by atoms with Crippen LogP contribution in [0, 0.1) is 5.92 Å². The van der Waals surface area contributed by atoms with Gasteiger partial charge in [0.05, 0.1) is 5.52 Å². The predicted molar refractivity (Wildman–Crippen MR) is 68.2 cm³/mol. The third-order valence-electron chi connectivity index (χ3n) is 3.09. The van der Waals surface area contributed by atoms with E-state index in [0.717, 1.165) is 30.4 Å². The Morgan fingerprint density at radius 1 is 1.18 bits per heavy atom. The van der Waals surface area contributed by atoms with Crippen molar-refractivity contribution in [3.8, 4) is 0 Å². The van der Waals surface area contributed by atoms with E-state index in [1.165, 1.54) is 0 Å². The molecule has 1 aliphatic carbocycles. The van der Waals surface area contributed by atoms with E-state index in [1.54, 1.807) is 0 Å². The molecule has 0 aliphatic heterocycles. The fourth-order valence-electron chi connectivity index (χ4n) is 2.01. The van der Waals surface area contributed by atoms with Crippen molar-refractivity contribution in [3.05, 3.63) is 24.3 Å². The zero-order valence-electron chi connectivity index (χ0n) is 9.31. The Morgan fingerprint density at radius 2 is 1.94 bits per heavy atom. The topological polar surface area (TPSA) is 50.7 Å². The number of rotatable bonds is 3. The van der Waals surface area contributed by atoms with Gasteiger partial charge in [-0.25, -0.2) is 4.98 Å². The largest absolute Gasteiger partial charge is 0.353 e. The first-order chi connectivity index (χ1) is 8.31. The molecular weight excluding hydrogens is 236 g/mol. The summed E-state index contributed by atoms with van der Waals surface area (Å²) in [6, 6.07) is 7.72. The number of halogens is 1. The Hall–Kier alpha value is -1.42. The van der Waals surface area contributed by atoms with E-state index in [2.05, 4.69) is 20.5 Å². The van der Waals surface area contributed by atoms with Gasteiger partial charge in [-0.1, -0.05) is 12.1 Å². The van der Waals surface area contributed by atoms with Crippen LogP contribution in [-0.2, 0) is 0 Å². The summed E-state index contributed by atoms with van der Waals surface area (Å²) in [7, 11) is 0. The highest BCUT2D eigenvalue weighted by Gasteiger charge is 2.26. The molecule has 0 spiro atoms. The Kier molecular flexibility index (Phi) is 2.81. The van der Waals surface area contributed by atoms with Gasteiger partial charge < -0.3 is 5.32 Å². The summed E-state index contributed by atoms with van der Waals surface area (Å²) in [5.41, 5.74) is 1.69. The first kappa shape index (κ1) is 10.7. The second-order valence-corrected chi connectivity index (χ2v) is 5.06. The summed E-state index contributed by atoms with van der Waals surface area (Å²) < 4.78 is 0. The maximum atomic E-state index is 5.93. The predicted octanol–water partition coefficient (Wildman–Crippen LogP) is 2.45. The van der Waals surface area contributed by atoms with Gasteiger partial charge in [0, 0.05) is 11.9 Å². The van der Waals surface area contributed by atoms with E-state index >= 15 is 0 Å². The number of hydrogen-bond acceptors (Lipinski definition) is 4. The monoisotopic (exact) mass is 248 g/mol. The molecule has 3 rings (SSSR count). The number of nitrogens with zero attached hydrogens (tertiary/aromatic N) is 3. The average Bonchev–Trinajstić information content (AvgIpc) is 2.33. The molecule has 1 fully saturated rings. The van der Waals surface area contributed by atoms with Gasteiger partial charge in [0.2, 0.25) is 5.95 Å². The molecule has 0 saturated heterocycles. The molecule has 1 aromatic heterocycles. The van der Waals surface area contributed by atoms with Gasteiger partial charge in [-0.05, 0) is 30.9 Å². The molecule has 0 unspecified atom stereocenters. The molecule has 2 aromatic rings. The van der Waals surface area contributed by atoms with Crippen LogP contribution in [0.2, 0.25) is 0 Å². The summed E-state index contributed by atoms with van der Waals surface area (Å²) in [5.74, 6) is 1.24. The number of alkyl halides is 1. The number of aromatic nitrogens is 3. The molecular formula is C12H13ClN4. The quantitative estimate of drug-likeness (QED) is 0.848. The summed E-state index contributed by atoms with van der Waals surface area (Å²) in [4.78, 5) is 4.41. The summed E-state index contributed by atoms with van der Waals surface area (Å²) in [6.45, 7) is 0.878. The minimum Gasteiger partial charge on any atom is -0.353 e. The van der Waals surface area contributed by atoms with Crippen LogP contribution in [0.4, 0.5) is 5.95 Å². The van der Waals surface area contributed by atoms with Crippen molar-refractivity contribution < 1.29 is 0 Å². The fraction of sp³-hybridized carbons (Fsp3) is 0.417. The number of fused-ring (bicyclic) bond motifs is 1. The second-order valence-electron chi connectivity index (χ2n) is 4.44. The third-order valence-corrected chi connectivity index (χ3v) is 3.44. The summed E-state index contributed by atoms with van der Waals surface area (Å²) in [5, 5.41) is 11.7. The van der Waals surface area contributed by atoms with Gasteiger partial charge in [0.15, 0.2) is 0 Å². The average molecular weight is 249 g/mol. The van der Waals surface area contributed by atoms with Gasteiger partial charge in [-0.2, -0.15) is 0 Å². The van der Waals surface area contributed by atoms with Gasteiger partial charge in [0.1, 0.15) is 5.52 Å². The lowest BCUT2D eigenvalue weighted by Crippen LogP contribution is -2.30. The minimum atomic E-state index is 0.359. The first-order valence-corrected chi connectivity index (χ1v) is 6.22. The molecule has 1 aliphatic rings. The van der Waals surface area contributed by atoms with Crippen molar-refractivity contribution in [1.29, 1.82) is 0 Å². The Bertz CT molecular complexity index is 525. The van der Waals surface area contributed by atoms with Gasteiger partial charge in [-0.3, -0.25) is 0 Å². The molecule has 4 nitrogen and oxygen atoms in total. The number of anilines is 1. The Labute approximate surface area is 104 Å². The van der Waals surface area contributed by atoms with Crippen LogP contribution in [0.1, 0.15) is 12.8 Å². The highest BCUT2D eigenvalue weighted by Crippen LogP contribution is 2.31. The standard InChI is InChI=1S/C12H13ClN4/c13-9-5-8(6-9)7-14-12-15-10-3-1-2-4-11(10)16-17-12/h1-4,8-9H,5-7H2,(H,14,15,17). The van der Waals surface area contributed by atoms with Crippen molar-refractivity contribution in [2.45, 2.75) is 18.2 Å². The van der Waals surface area contributed by atoms with Crippen molar-refractivity contribution in [2.24, 2.45) is 5.92 Å². The van der Waals surface area contributed by atoms with E-state index in [1.807, 2.05) is 24.3 Å². The lowest BCUT2D eigenvalue weighted by molar-refractivity contribution is 0.341. The van der Waals surface area contributed by atoms with Crippen LogP contribution in [-0.4, -0.2) is 27.1 Å². The molecule has 17 heavy (non-hydrogen) atoms. The lowest BCUT2D eigenvalue weighted by atomic mass is 9.85. The molecule has 5 heteroatoms. The number of hydrogen-bond donors (Lipinski definition) is 1. The summed E-state index contributed by atoms with van der Waals surface area (Å²) >= 11 is 5.93. The second kappa shape index (κ2) is 4.45. The van der Waals surface area contributed by atoms with Crippen molar-refractivity contribution >= 4 is 28.6 Å². The van der Waals surface area contributed by atoms with E-state index in [4.69, 9.17) is 11.6 Å². The number of para-hydroxylation sites is 1. The zero-order valence-corrected chi connectivity index (χ0v) is 10.1. The third kappa shape index (κ3) is 2.31. The van der Waals surface area contributed by atoms with Crippen LogP contribution in [0.25, 0.3) is 11.0 Å². The van der Waals surface area contributed by atoms with Crippen LogP contribution >= 0.6 is 11.6 Å². The van der Waals surface area contributed by atoms with Gasteiger partial charge in [0.25, 0.3) is 0 Å². The molecule has 1 N–H and O–H groups in total. The Morgan fingerprint density at radius 3 is 2.71 bits per heavy atom. The highest BCUT2D eigenvalue weighted by atomic mass is 35.5. The SMILES string of the molecule is ClC1CC(CNc2nnc3ccccc3n2)C1. The van der Waals surface area contributed by atoms with Crippen LogP contribution in [0.3, 0.4) is 0 Å². The lowest BCUT2D eigenvalue weighted by Gasteiger charge is -2.30. The van der Waals surface area contributed by atoms with Crippen LogP contribution in [0.15, 0.2) is 24.3 Å². The maximum absolute atomic E-state index is 5.93. The molecule has 1 aromatic carbocycles. The Balaban J connectivity index is 1.68. The first-order valence-electron chi connectivity index (χ1n) is 5.78. The molecule has 0 atom stereocenters. The maximum Gasteiger partial charge on any atom is 0.243 e. The van der Waals surface area contributed by atoms with Crippen molar-refractivity contribution in [2.75, 3.05) is 11.9 Å². The molecule has 0 bridgehead atoms. The summed E-state index contributed by atoms with van der Waals surface area (Å²) in [6.07, 6.45) is 2.16. The van der Waals surface area contributed by atoms with Crippen LogP contribution in [0.5, 0.6) is 0 Å². The van der Waals surface area contributed by atoms with E-state index in [-0.39, 0.29) is 0 Å². The van der Waals surface area contributed by atoms with E-state index < -0.39 is 0 Å². The van der Waals surface area contributed by atoms with Gasteiger partial charge in [-0.15, -0.1) is 21.8 Å². The number of nitrogens with one attached hydrogen (secondary N) is 1. The minimum absolute atomic E-state index is 0.359. The van der Waals surface area contributed by atoms with Crippen molar-refractivity contribution in [1.82, 2.24) is 15.2 Å². The molecule has 88 valence electrons. The van der Waals surface area contributed by atoms with E-state index in [0.29, 0.717) is 17.2 Å². The highest BCUT2D eigenvalue weighted by molar-refractivity contribution is 6.21. The zero-order chi connectivity index (χ0) is 11.7. The molecule has 1 saturated carbocycles. The van der Waals surface area contributed by atoms with Crippen LogP contribution < -0.4 is 5.32 Å². The number of benzene rings is 1. The fourth-order valence-corrected chi connectivity index (χ4v) is 2.52. The van der Waals surface area contributed by atoms with E-state index in [9.17, 15) is 0 Å². The van der Waals surface area contributed by atoms with Crippen molar-refractivity contribution in [3.63, 3.8) is 0 Å².